The van der Waals surface area contributed by atoms with E-state index in [1.54, 1.807) is 17.4 Å². The molecule has 4 aliphatic carbocycles. The normalized spacial score (nSPS) is 42.8. The number of ether oxygens (including phenoxy) is 1. The first-order valence-electron chi connectivity index (χ1n) is 14.2. The minimum Gasteiger partial charge on any atom is -0.384 e. The standard InChI is InChI=1S/C30H44FN3O2/c1-20-9-13-30(19-36-4)22(15-20)5-6-23-24-7-8-26(29(24,2)12-10-25(23)30)27(35)18-34(32-3)17-21-11-14-33-28(31)16-21/h14,16-17,20,22-26H,3,5-13,15,18-19H2,1-2,4H3/b21-17+. The first kappa shape index (κ1) is 25.8. The number of carbonyl (C=O) groups excluding carboxylic acids is 1. The zero-order chi connectivity index (χ0) is 25.5. The van der Waals surface area contributed by atoms with Crippen LogP contribution in [0.3, 0.4) is 0 Å². The summed E-state index contributed by atoms with van der Waals surface area (Å²) in [7, 11) is 1.89. The first-order valence-corrected chi connectivity index (χ1v) is 14.2. The van der Waals surface area contributed by atoms with Crippen molar-refractivity contribution in [2.24, 2.45) is 56.4 Å². The quantitative estimate of drug-likeness (QED) is 0.227. The Bertz CT molecular complexity index is 960. The number of nitrogens with zero attached hydrogens (tertiary/aromatic N) is 3. The summed E-state index contributed by atoms with van der Waals surface area (Å²) in [6.45, 7) is 9.61. The molecule has 0 aromatic carbocycles. The largest absolute Gasteiger partial charge is 0.384 e. The van der Waals surface area contributed by atoms with Crippen LogP contribution >= 0.6 is 0 Å². The average molecular weight is 498 g/mol. The SMILES string of the molecule is C=NN(/C=C1/C=C(F)N=CC1)CC(=O)C1CCC2C3CCC4CC(C)CCC4(COC)C3CCC12C. The van der Waals surface area contributed by atoms with Gasteiger partial charge in [-0.05, 0) is 103 Å². The molecule has 4 saturated carbocycles. The van der Waals surface area contributed by atoms with E-state index in [0.717, 1.165) is 49.2 Å². The van der Waals surface area contributed by atoms with Gasteiger partial charge in [0.2, 0.25) is 5.95 Å². The zero-order valence-electron chi connectivity index (χ0n) is 22.4. The predicted octanol–water partition coefficient (Wildman–Crippen LogP) is 6.56. The molecule has 0 radical (unpaired) electrons. The van der Waals surface area contributed by atoms with Crippen LogP contribution in [0, 0.1) is 46.3 Å². The van der Waals surface area contributed by atoms with Crippen LogP contribution in [0.1, 0.15) is 78.1 Å². The van der Waals surface area contributed by atoms with E-state index in [4.69, 9.17) is 4.74 Å². The van der Waals surface area contributed by atoms with Crippen LogP contribution in [0.4, 0.5) is 4.39 Å². The molecule has 0 N–H and O–H groups in total. The molecule has 198 valence electrons. The van der Waals surface area contributed by atoms with Crippen LogP contribution in [-0.2, 0) is 9.53 Å². The smallest absolute Gasteiger partial charge is 0.212 e. The third kappa shape index (κ3) is 4.41. The van der Waals surface area contributed by atoms with Crippen molar-refractivity contribution in [3.05, 3.63) is 23.8 Å². The lowest BCUT2D eigenvalue weighted by Crippen LogP contribution is -2.56. The third-order valence-corrected chi connectivity index (χ3v) is 11.1. The van der Waals surface area contributed by atoms with Crippen molar-refractivity contribution in [1.82, 2.24) is 5.01 Å². The van der Waals surface area contributed by atoms with Gasteiger partial charge in [0.15, 0.2) is 5.78 Å². The van der Waals surface area contributed by atoms with Gasteiger partial charge in [0.25, 0.3) is 0 Å². The second-order valence-electron chi connectivity index (χ2n) is 12.8. The molecule has 4 fully saturated rings. The number of Topliss-reactive ketones (excluding diaryl/α,β-unsaturated/α-hetero) is 1. The Kier molecular flexibility index (Phi) is 7.28. The Labute approximate surface area is 216 Å². The fourth-order valence-corrected chi connectivity index (χ4v) is 9.52. The molecule has 0 aromatic rings. The van der Waals surface area contributed by atoms with Gasteiger partial charge in [-0.2, -0.15) is 9.49 Å². The monoisotopic (exact) mass is 497 g/mol. The molecule has 8 atom stereocenters. The number of hydrogen-bond donors (Lipinski definition) is 0. The van der Waals surface area contributed by atoms with Gasteiger partial charge in [-0.1, -0.05) is 20.3 Å². The van der Waals surface area contributed by atoms with Crippen LogP contribution in [0.15, 0.2) is 33.9 Å². The molecule has 6 heteroatoms. The molecule has 1 aliphatic heterocycles. The summed E-state index contributed by atoms with van der Waals surface area (Å²) in [5, 5.41) is 5.66. The molecule has 0 amide bonds. The lowest BCUT2D eigenvalue weighted by molar-refractivity contribution is -0.154. The Morgan fingerprint density at radius 1 is 1.25 bits per heavy atom. The lowest BCUT2D eigenvalue weighted by atomic mass is 9.44. The van der Waals surface area contributed by atoms with Crippen LogP contribution in [0.5, 0.6) is 0 Å². The topological polar surface area (TPSA) is 54.3 Å². The summed E-state index contributed by atoms with van der Waals surface area (Å²) in [5.74, 6) is 3.51. The van der Waals surface area contributed by atoms with Gasteiger partial charge in [-0.15, -0.1) is 0 Å². The maximum absolute atomic E-state index is 13.7. The minimum absolute atomic E-state index is 0.0603. The highest BCUT2D eigenvalue weighted by molar-refractivity contribution is 5.84. The maximum atomic E-state index is 13.7. The molecule has 0 bridgehead atoms. The number of fused-ring (bicyclic) bond motifs is 5. The molecule has 5 nitrogen and oxygen atoms in total. The molecule has 0 saturated heterocycles. The number of aliphatic imine (C=N–C) groups is 1. The summed E-state index contributed by atoms with van der Waals surface area (Å²) < 4.78 is 19.5. The minimum atomic E-state index is -0.515. The molecule has 0 spiro atoms. The average Bonchev–Trinajstić information content (AvgIpc) is 3.21. The Morgan fingerprint density at radius 3 is 2.83 bits per heavy atom. The number of ketones is 1. The van der Waals surface area contributed by atoms with Gasteiger partial charge in [0, 0.05) is 38.6 Å². The number of halogens is 1. The number of hydrazone groups is 1. The van der Waals surface area contributed by atoms with E-state index >= 15 is 0 Å². The highest BCUT2D eigenvalue weighted by atomic mass is 19.1. The van der Waals surface area contributed by atoms with Crippen LogP contribution < -0.4 is 0 Å². The number of hydrogen-bond acceptors (Lipinski definition) is 5. The van der Waals surface area contributed by atoms with Crippen LogP contribution in [0.2, 0.25) is 0 Å². The third-order valence-electron chi connectivity index (χ3n) is 11.1. The lowest BCUT2D eigenvalue weighted by Gasteiger charge is -2.62. The van der Waals surface area contributed by atoms with Gasteiger partial charge in [0.05, 0.1) is 13.2 Å². The first-order chi connectivity index (χ1) is 17.3. The molecule has 0 aromatic heterocycles. The van der Waals surface area contributed by atoms with Crippen molar-refractivity contribution in [2.75, 3.05) is 20.3 Å². The van der Waals surface area contributed by atoms with Crippen molar-refractivity contribution in [2.45, 2.75) is 78.1 Å². The van der Waals surface area contributed by atoms with Gasteiger partial charge in [-0.3, -0.25) is 9.80 Å². The summed E-state index contributed by atoms with van der Waals surface area (Å²) in [4.78, 5) is 17.3. The van der Waals surface area contributed by atoms with Crippen molar-refractivity contribution < 1.29 is 13.9 Å². The number of allylic oxidation sites excluding steroid dienone is 2. The number of rotatable bonds is 7. The van der Waals surface area contributed by atoms with E-state index in [1.165, 1.54) is 44.6 Å². The Morgan fingerprint density at radius 2 is 2.08 bits per heavy atom. The van der Waals surface area contributed by atoms with Crippen molar-refractivity contribution in [3.63, 3.8) is 0 Å². The maximum Gasteiger partial charge on any atom is 0.212 e. The highest BCUT2D eigenvalue weighted by Gasteiger charge is 2.62. The van der Waals surface area contributed by atoms with Gasteiger partial charge in [0.1, 0.15) is 0 Å². The van der Waals surface area contributed by atoms with Gasteiger partial charge in [-0.25, -0.2) is 4.99 Å². The summed E-state index contributed by atoms with van der Waals surface area (Å²) >= 11 is 0. The molecular weight excluding hydrogens is 453 g/mol. The zero-order valence-corrected chi connectivity index (χ0v) is 22.4. The fourth-order valence-electron chi connectivity index (χ4n) is 9.52. The number of methoxy groups -OCH3 is 1. The second kappa shape index (κ2) is 10.2. The molecule has 8 unspecified atom stereocenters. The predicted molar refractivity (Wildman–Crippen MR) is 142 cm³/mol. The van der Waals surface area contributed by atoms with Crippen LogP contribution in [0.25, 0.3) is 0 Å². The van der Waals surface area contributed by atoms with E-state index in [9.17, 15) is 9.18 Å². The van der Waals surface area contributed by atoms with E-state index < -0.39 is 5.95 Å². The Hall–Kier alpha value is -1.82. The summed E-state index contributed by atoms with van der Waals surface area (Å²) in [6.07, 6.45) is 16.4. The highest BCUT2D eigenvalue weighted by Crippen LogP contribution is 2.68. The number of carbonyl (C=O) groups is 1. The summed E-state index contributed by atoms with van der Waals surface area (Å²) in [6, 6.07) is 0. The molecule has 36 heavy (non-hydrogen) atoms. The van der Waals surface area contributed by atoms with E-state index in [0.29, 0.717) is 23.7 Å². The van der Waals surface area contributed by atoms with Crippen molar-refractivity contribution in [1.29, 1.82) is 0 Å². The summed E-state index contributed by atoms with van der Waals surface area (Å²) in [5.41, 5.74) is 1.15. The Balaban J connectivity index is 1.32. The van der Waals surface area contributed by atoms with E-state index in [-0.39, 0.29) is 23.7 Å². The van der Waals surface area contributed by atoms with E-state index in [1.807, 2.05) is 7.11 Å². The fraction of sp³-hybridized carbons (Fsp3) is 0.767. The van der Waals surface area contributed by atoms with Crippen molar-refractivity contribution >= 4 is 18.7 Å². The van der Waals surface area contributed by atoms with Crippen LogP contribution in [-0.4, -0.2) is 44.0 Å². The molecule has 5 aliphatic rings. The molecular formula is C30H44FN3O2. The van der Waals surface area contributed by atoms with Crippen molar-refractivity contribution in [3.8, 4) is 0 Å². The van der Waals surface area contributed by atoms with Gasteiger partial charge >= 0.3 is 0 Å². The van der Waals surface area contributed by atoms with E-state index in [2.05, 4.69) is 30.7 Å². The van der Waals surface area contributed by atoms with Gasteiger partial charge < -0.3 is 4.74 Å². The molecule has 1 heterocycles. The second-order valence-corrected chi connectivity index (χ2v) is 12.8. The molecule has 5 rings (SSSR count).